The normalized spacial score (nSPS) is 41.1. The first kappa shape index (κ1) is 10.2. The van der Waals surface area contributed by atoms with E-state index >= 15 is 0 Å². The number of nitrogens with zero attached hydrogens (tertiary/aromatic N) is 2. The molecule has 4 heteroatoms. The highest BCUT2D eigenvalue weighted by Gasteiger charge is 2.48. The quantitative estimate of drug-likeness (QED) is 0.735. The van der Waals surface area contributed by atoms with Crippen molar-refractivity contribution in [3.05, 3.63) is 0 Å². The zero-order chi connectivity index (χ0) is 16.1. The SMILES string of the molecule is [2H]C1N(C2CCC2)CCC[N+](C(=O)O)(C(C)(C)C)C1([2H])[2H]. The van der Waals surface area contributed by atoms with E-state index in [1.807, 2.05) is 4.90 Å². The van der Waals surface area contributed by atoms with Crippen LogP contribution in [0.15, 0.2) is 0 Å². The second-order valence-corrected chi connectivity index (χ2v) is 6.42. The fourth-order valence-corrected chi connectivity index (χ4v) is 2.77. The molecule has 0 radical (unpaired) electrons. The predicted molar refractivity (Wildman–Crippen MR) is 71.6 cm³/mol. The van der Waals surface area contributed by atoms with Crippen LogP contribution in [0.4, 0.5) is 4.79 Å². The molecule has 2 fully saturated rings. The molecule has 1 saturated carbocycles. The van der Waals surface area contributed by atoms with Crippen LogP contribution >= 0.6 is 0 Å². The van der Waals surface area contributed by atoms with Gasteiger partial charge in [-0.3, -0.25) is 4.90 Å². The molecule has 0 aromatic heterocycles. The molecule has 1 N–H and O–H groups in total. The predicted octanol–water partition coefficient (Wildman–Crippen LogP) is 2.54. The van der Waals surface area contributed by atoms with Gasteiger partial charge >= 0.3 is 6.09 Å². The van der Waals surface area contributed by atoms with E-state index in [0.717, 1.165) is 19.3 Å². The Labute approximate surface area is 114 Å². The summed E-state index contributed by atoms with van der Waals surface area (Å²) in [5.41, 5.74) is -0.801. The summed E-state index contributed by atoms with van der Waals surface area (Å²) in [5.74, 6) is 0. The Balaban J connectivity index is 2.45. The van der Waals surface area contributed by atoms with Gasteiger partial charge in [0.25, 0.3) is 0 Å². The van der Waals surface area contributed by atoms with Crippen molar-refractivity contribution in [2.24, 2.45) is 0 Å². The lowest BCUT2D eigenvalue weighted by molar-refractivity contribution is -0.901. The molecule has 1 amide bonds. The van der Waals surface area contributed by atoms with Crippen molar-refractivity contribution in [2.45, 2.75) is 58.0 Å². The summed E-state index contributed by atoms with van der Waals surface area (Å²) in [7, 11) is 0. The second kappa shape index (κ2) is 4.82. The molecule has 0 aromatic rings. The van der Waals surface area contributed by atoms with Crippen LogP contribution < -0.4 is 0 Å². The molecule has 2 unspecified atom stereocenters. The molecule has 1 aliphatic carbocycles. The minimum atomic E-state index is -2.14. The molecule has 2 atom stereocenters. The highest BCUT2D eigenvalue weighted by Crippen LogP contribution is 2.31. The average molecular weight is 258 g/mol. The lowest BCUT2D eigenvalue weighted by Crippen LogP contribution is -2.64. The van der Waals surface area contributed by atoms with Crippen LogP contribution in [0, 0.1) is 0 Å². The average Bonchev–Trinajstić information content (AvgIpc) is 2.35. The Hall–Kier alpha value is -0.610. The molecule has 1 heterocycles. The van der Waals surface area contributed by atoms with Crippen molar-refractivity contribution < 1.29 is 18.5 Å². The van der Waals surface area contributed by atoms with Gasteiger partial charge < -0.3 is 5.11 Å². The van der Waals surface area contributed by atoms with E-state index in [1.165, 1.54) is 0 Å². The Kier molecular flexibility index (Phi) is 2.73. The molecule has 0 spiro atoms. The molecule has 2 aliphatic rings. The summed E-state index contributed by atoms with van der Waals surface area (Å²) in [4.78, 5) is 13.9. The number of hydrogen-bond donors (Lipinski definition) is 1. The van der Waals surface area contributed by atoms with Gasteiger partial charge in [0, 0.05) is 26.9 Å². The Morgan fingerprint density at radius 1 is 1.39 bits per heavy atom. The number of rotatable bonds is 1. The minimum absolute atomic E-state index is 0.227. The summed E-state index contributed by atoms with van der Waals surface area (Å²) >= 11 is 0. The number of carboxylic acid groups (broad SMARTS) is 1. The minimum Gasteiger partial charge on any atom is -0.435 e. The lowest BCUT2D eigenvalue weighted by atomic mass is 9.91. The maximum absolute atomic E-state index is 12.0. The summed E-state index contributed by atoms with van der Waals surface area (Å²) in [6, 6.07) is 0.247. The Morgan fingerprint density at radius 3 is 2.50 bits per heavy atom. The van der Waals surface area contributed by atoms with Gasteiger partial charge in [0.05, 0.1) is 9.29 Å². The third kappa shape index (κ3) is 2.28. The standard InChI is InChI=1S/C14H26N2O2/c1-14(2,3)16(13(17)18)10-5-8-15(9-11-16)12-6-4-7-12/h12H,4-11H2,1-3H3/p+1/i9D,11D2. The largest absolute Gasteiger partial charge is 0.514 e. The van der Waals surface area contributed by atoms with Gasteiger partial charge in [-0.15, -0.1) is 0 Å². The van der Waals surface area contributed by atoms with Gasteiger partial charge in [-0.05, 0) is 33.6 Å². The molecular weight excluding hydrogens is 228 g/mol. The van der Waals surface area contributed by atoms with Gasteiger partial charge in [0.2, 0.25) is 0 Å². The zero-order valence-electron chi connectivity index (χ0n) is 14.6. The fourth-order valence-electron chi connectivity index (χ4n) is 2.77. The van der Waals surface area contributed by atoms with Crippen LogP contribution in [0.25, 0.3) is 0 Å². The van der Waals surface area contributed by atoms with Crippen molar-refractivity contribution in [3.8, 4) is 0 Å². The lowest BCUT2D eigenvalue weighted by Gasteiger charge is -2.43. The Morgan fingerprint density at radius 2 is 2.06 bits per heavy atom. The van der Waals surface area contributed by atoms with E-state index in [-0.39, 0.29) is 12.6 Å². The molecule has 0 aromatic carbocycles. The van der Waals surface area contributed by atoms with Crippen molar-refractivity contribution >= 4 is 6.09 Å². The molecule has 4 nitrogen and oxygen atoms in total. The van der Waals surface area contributed by atoms with E-state index in [0.29, 0.717) is 13.0 Å². The monoisotopic (exact) mass is 258 g/mol. The van der Waals surface area contributed by atoms with E-state index in [9.17, 15) is 9.90 Å². The van der Waals surface area contributed by atoms with E-state index in [2.05, 4.69) is 0 Å². The van der Waals surface area contributed by atoms with Crippen molar-refractivity contribution in [2.75, 3.05) is 26.1 Å². The topological polar surface area (TPSA) is 40.5 Å². The number of hydrogen-bond acceptors (Lipinski definition) is 2. The number of carbonyl (C=O) groups is 1. The van der Waals surface area contributed by atoms with Gasteiger partial charge in [0.15, 0.2) is 0 Å². The highest BCUT2D eigenvalue weighted by molar-refractivity contribution is 5.57. The molecule has 2 rings (SSSR count). The third-order valence-corrected chi connectivity index (χ3v) is 4.37. The highest BCUT2D eigenvalue weighted by atomic mass is 16.4. The molecule has 104 valence electrons. The van der Waals surface area contributed by atoms with Gasteiger partial charge in [-0.2, -0.15) is 4.79 Å². The van der Waals surface area contributed by atoms with E-state index < -0.39 is 29.1 Å². The first-order chi connectivity index (χ1) is 9.55. The molecule has 0 bridgehead atoms. The van der Waals surface area contributed by atoms with Gasteiger partial charge in [-0.25, -0.2) is 4.48 Å². The van der Waals surface area contributed by atoms with Crippen LogP contribution in [0.2, 0.25) is 0 Å². The van der Waals surface area contributed by atoms with Crippen molar-refractivity contribution in [1.29, 1.82) is 0 Å². The van der Waals surface area contributed by atoms with Crippen molar-refractivity contribution in [3.63, 3.8) is 0 Å². The van der Waals surface area contributed by atoms with Crippen LogP contribution in [0.3, 0.4) is 0 Å². The summed E-state index contributed by atoms with van der Waals surface area (Å²) < 4.78 is 24.8. The summed E-state index contributed by atoms with van der Waals surface area (Å²) in [6.07, 6.45) is 2.55. The van der Waals surface area contributed by atoms with E-state index in [1.54, 1.807) is 20.8 Å². The fraction of sp³-hybridized carbons (Fsp3) is 0.929. The summed E-state index contributed by atoms with van der Waals surface area (Å²) in [6.45, 7) is 2.82. The summed E-state index contributed by atoms with van der Waals surface area (Å²) in [5, 5.41) is 9.83. The van der Waals surface area contributed by atoms with Crippen molar-refractivity contribution in [1.82, 2.24) is 4.90 Å². The van der Waals surface area contributed by atoms with Crippen LogP contribution in [-0.4, -0.2) is 58.3 Å². The number of quaternary nitrogens is 1. The third-order valence-electron chi connectivity index (χ3n) is 4.37. The first-order valence-electron chi connectivity index (χ1n) is 8.43. The van der Waals surface area contributed by atoms with Gasteiger partial charge in [-0.1, -0.05) is 6.42 Å². The van der Waals surface area contributed by atoms with Crippen LogP contribution in [-0.2, 0) is 0 Å². The Bertz CT molecular complexity index is 421. The van der Waals surface area contributed by atoms with Crippen LogP contribution in [0.5, 0.6) is 0 Å². The second-order valence-electron chi connectivity index (χ2n) is 6.42. The molecule has 18 heavy (non-hydrogen) atoms. The maximum Gasteiger partial charge on any atom is 0.514 e. The first-order valence-corrected chi connectivity index (χ1v) is 6.85. The zero-order valence-corrected chi connectivity index (χ0v) is 11.6. The number of amides is 1. The maximum atomic E-state index is 12.0. The van der Waals surface area contributed by atoms with E-state index in [4.69, 9.17) is 4.11 Å². The van der Waals surface area contributed by atoms with Gasteiger partial charge in [0.1, 0.15) is 12.0 Å². The molecule has 1 saturated heterocycles. The molecular formula is C14H27N2O2+. The molecule has 1 aliphatic heterocycles. The smallest absolute Gasteiger partial charge is 0.435 e. The van der Waals surface area contributed by atoms with Crippen LogP contribution in [0.1, 0.15) is 50.6 Å².